The van der Waals surface area contributed by atoms with E-state index in [2.05, 4.69) is 0 Å². The summed E-state index contributed by atoms with van der Waals surface area (Å²) in [5, 5.41) is 0. The molecule has 0 spiro atoms. The van der Waals surface area contributed by atoms with E-state index in [4.69, 9.17) is 4.74 Å². The number of halogens is 1. The summed E-state index contributed by atoms with van der Waals surface area (Å²) in [6.45, 7) is 5.33. The van der Waals surface area contributed by atoms with Gasteiger partial charge in [-0.3, -0.25) is 4.79 Å². The molecule has 0 unspecified atom stereocenters. The minimum atomic E-state index is -0.333. The van der Waals surface area contributed by atoms with Gasteiger partial charge in [0, 0.05) is 0 Å². The molecule has 0 radical (unpaired) electrons. The topological polar surface area (TPSA) is 26.3 Å². The molecule has 0 fully saturated rings. The van der Waals surface area contributed by atoms with Crippen LogP contribution < -0.4 is 0 Å². The van der Waals surface area contributed by atoms with Crippen molar-refractivity contribution < 1.29 is 13.9 Å². The molecule has 0 amide bonds. The molecule has 3 heteroatoms. The Balaban J connectivity index is 2.65. The van der Waals surface area contributed by atoms with Gasteiger partial charge in [-0.25, -0.2) is 4.39 Å². The van der Waals surface area contributed by atoms with Gasteiger partial charge in [0.1, 0.15) is 11.9 Å². The first-order chi connectivity index (χ1) is 7.00. The molecule has 0 saturated carbocycles. The number of rotatable bonds is 3. The number of benzene rings is 1. The molecule has 15 heavy (non-hydrogen) atoms. The van der Waals surface area contributed by atoms with Crippen LogP contribution in [0.4, 0.5) is 4.39 Å². The average Bonchev–Trinajstić information content (AvgIpc) is 2.18. The predicted octanol–water partition coefficient (Wildman–Crippen LogP) is 3.09. The van der Waals surface area contributed by atoms with Gasteiger partial charge < -0.3 is 4.74 Å². The maximum absolute atomic E-state index is 12.6. The Morgan fingerprint density at radius 1 is 1.20 bits per heavy atom. The van der Waals surface area contributed by atoms with Gasteiger partial charge in [-0.2, -0.15) is 0 Å². The Morgan fingerprint density at radius 2 is 1.73 bits per heavy atom. The molecule has 0 N–H and O–H groups in total. The number of carbonyl (C=O) groups is 1. The smallest absolute Gasteiger partial charge is 0.308 e. The Kier molecular flexibility index (Phi) is 3.83. The van der Waals surface area contributed by atoms with Crippen LogP contribution in [0.25, 0.3) is 0 Å². The number of hydrogen-bond donors (Lipinski definition) is 0. The van der Waals surface area contributed by atoms with Crippen molar-refractivity contribution in [2.24, 2.45) is 5.92 Å². The number of ether oxygens (including phenoxy) is 1. The molecular weight excluding hydrogens is 195 g/mol. The third-order valence-electron chi connectivity index (χ3n) is 2.10. The summed E-state index contributed by atoms with van der Waals surface area (Å²) in [5.74, 6) is -0.680. The lowest BCUT2D eigenvalue weighted by atomic mass is 10.1. The quantitative estimate of drug-likeness (QED) is 0.716. The Bertz CT molecular complexity index is 330. The van der Waals surface area contributed by atoms with E-state index in [1.807, 2.05) is 0 Å². The third-order valence-corrected chi connectivity index (χ3v) is 2.10. The van der Waals surface area contributed by atoms with E-state index in [1.54, 1.807) is 32.9 Å². The van der Waals surface area contributed by atoms with Gasteiger partial charge in [-0.05, 0) is 24.6 Å². The minimum absolute atomic E-state index is 0.145. The molecule has 0 aliphatic carbocycles. The summed E-state index contributed by atoms with van der Waals surface area (Å²) < 4.78 is 17.8. The van der Waals surface area contributed by atoms with E-state index in [0.717, 1.165) is 5.56 Å². The summed E-state index contributed by atoms with van der Waals surface area (Å²) in [4.78, 5) is 11.3. The third kappa shape index (κ3) is 3.35. The zero-order chi connectivity index (χ0) is 11.4. The second-order valence-corrected chi connectivity index (χ2v) is 3.79. The van der Waals surface area contributed by atoms with Gasteiger partial charge >= 0.3 is 5.97 Å². The van der Waals surface area contributed by atoms with Crippen molar-refractivity contribution in [3.8, 4) is 0 Å². The van der Waals surface area contributed by atoms with Crippen LogP contribution in [0.1, 0.15) is 32.4 Å². The molecule has 0 aromatic heterocycles. The van der Waals surface area contributed by atoms with Crippen LogP contribution in [0.2, 0.25) is 0 Å². The second-order valence-electron chi connectivity index (χ2n) is 3.79. The lowest BCUT2D eigenvalue weighted by Gasteiger charge is -2.14. The SMILES string of the molecule is CC(C)C(=O)O[C@@H](C)c1ccc(F)cc1. The maximum atomic E-state index is 12.6. The highest BCUT2D eigenvalue weighted by Crippen LogP contribution is 2.18. The van der Waals surface area contributed by atoms with Crippen LogP contribution in [0, 0.1) is 11.7 Å². The fraction of sp³-hybridized carbons (Fsp3) is 0.417. The molecule has 0 heterocycles. The fourth-order valence-corrected chi connectivity index (χ4v) is 1.11. The molecular formula is C12H15FO2. The number of carbonyl (C=O) groups excluding carboxylic acids is 1. The normalized spacial score (nSPS) is 12.6. The highest BCUT2D eigenvalue weighted by Gasteiger charge is 2.14. The summed E-state index contributed by atoms with van der Waals surface area (Å²) in [5.41, 5.74) is 0.797. The Labute approximate surface area is 89.1 Å². The van der Waals surface area contributed by atoms with Crippen molar-refractivity contribution in [2.45, 2.75) is 26.9 Å². The summed E-state index contributed by atoms with van der Waals surface area (Å²) in [6, 6.07) is 5.95. The van der Waals surface area contributed by atoms with E-state index in [0.29, 0.717) is 0 Å². The Hall–Kier alpha value is -1.38. The average molecular weight is 210 g/mol. The molecule has 1 rings (SSSR count). The summed E-state index contributed by atoms with van der Waals surface area (Å²) in [7, 11) is 0. The van der Waals surface area contributed by atoms with E-state index < -0.39 is 0 Å². The summed E-state index contributed by atoms with van der Waals surface area (Å²) in [6.07, 6.45) is -0.333. The lowest BCUT2D eigenvalue weighted by molar-refractivity contribution is -0.152. The van der Waals surface area contributed by atoms with E-state index >= 15 is 0 Å². The highest BCUT2D eigenvalue weighted by atomic mass is 19.1. The fourth-order valence-electron chi connectivity index (χ4n) is 1.11. The van der Waals surface area contributed by atoms with Crippen LogP contribution >= 0.6 is 0 Å². The number of esters is 1. The molecule has 0 saturated heterocycles. The number of hydrogen-bond acceptors (Lipinski definition) is 2. The first-order valence-electron chi connectivity index (χ1n) is 4.96. The van der Waals surface area contributed by atoms with Gasteiger partial charge in [-0.1, -0.05) is 26.0 Å². The summed E-state index contributed by atoms with van der Waals surface area (Å²) >= 11 is 0. The van der Waals surface area contributed by atoms with Crippen molar-refractivity contribution in [1.82, 2.24) is 0 Å². The van der Waals surface area contributed by atoms with Crippen molar-refractivity contribution in [1.29, 1.82) is 0 Å². The molecule has 1 aromatic rings. The van der Waals surface area contributed by atoms with Crippen LogP contribution in [-0.2, 0) is 9.53 Å². The lowest BCUT2D eigenvalue weighted by Crippen LogP contribution is -2.14. The Morgan fingerprint density at radius 3 is 2.20 bits per heavy atom. The van der Waals surface area contributed by atoms with E-state index in [1.165, 1.54) is 12.1 Å². The van der Waals surface area contributed by atoms with Crippen LogP contribution in [-0.4, -0.2) is 5.97 Å². The molecule has 0 bridgehead atoms. The molecule has 1 atom stereocenters. The first-order valence-corrected chi connectivity index (χ1v) is 4.96. The van der Waals surface area contributed by atoms with Crippen LogP contribution in [0.5, 0.6) is 0 Å². The largest absolute Gasteiger partial charge is 0.458 e. The monoisotopic (exact) mass is 210 g/mol. The standard InChI is InChI=1S/C12H15FO2/c1-8(2)12(14)15-9(3)10-4-6-11(13)7-5-10/h4-9H,1-3H3/t9-/m0/s1. The molecule has 1 aromatic carbocycles. The molecule has 0 aliphatic heterocycles. The first kappa shape index (κ1) is 11.7. The second kappa shape index (κ2) is 4.91. The highest BCUT2D eigenvalue weighted by molar-refractivity contribution is 5.71. The van der Waals surface area contributed by atoms with Crippen molar-refractivity contribution in [3.63, 3.8) is 0 Å². The van der Waals surface area contributed by atoms with Crippen LogP contribution in [0.3, 0.4) is 0 Å². The van der Waals surface area contributed by atoms with E-state index in [-0.39, 0.29) is 23.8 Å². The van der Waals surface area contributed by atoms with E-state index in [9.17, 15) is 9.18 Å². The van der Waals surface area contributed by atoms with Crippen molar-refractivity contribution in [2.75, 3.05) is 0 Å². The van der Waals surface area contributed by atoms with Gasteiger partial charge in [0.05, 0.1) is 5.92 Å². The molecule has 0 aliphatic rings. The molecule has 82 valence electrons. The zero-order valence-electron chi connectivity index (χ0n) is 9.16. The van der Waals surface area contributed by atoms with Gasteiger partial charge in [-0.15, -0.1) is 0 Å². The minimum Gasteiger partial charge on any atom is -0.458 e. The predicted molar refractivity (Wildman–Crippen MR) is 55.7 cm³/mol. The molecule has 2 nitrogen and oxygen atoms in total. The van der Waals surface area contributed by atoms with Crippen molar-refractivity contribution >= 4 is 5.97 Å². The maximum Gasteiger partial charge on any atom is 0.308 e. The van der Waals surface area contributed by atoms with Gasteiger partial charge in [0.15, 0.2) is 0 Å². The zero-order valence-corrected chi connectivity index (χ0v) is 9.16. The van der Waals surface area contributed by atoms with Crippen LogP contribution in [0.15, 0.2) is 24.3 Å². The van der Waals surface area contributed by atoms with Gasteiger partial charge in [0.25, 0.3) is 0 Å². The van der Waals surface area contributed by atoms with Crippen molar-refractivity contribution in [3.05, 3.63) is 35.6 Å². The van der Waals surface area contributed by atoms with Gasteiger partial charge in [0.2, 0.25) is 0 Å².